The highest BCUT2D eigenvalue weighted by Gasteiger charge is 2.15. The zero-order valence-corrected chi connectivity index (χ0v) is 10.1. The van der Waals surface area contributed by atoms with Crippen LogP contribution in [0.4, 0.5) is 0 Å². The van der Waals surface area contributed by atoms with Gasteiger partial charge in [0.15, 0.2) is 0 Å². The molecule has 0 saturated carbocycles. The topological polar surface area (TPSA) is 23.5 Å². The number of phenols is 1. The zero-order valence-electron chi connectivity index (χ0n) is 10.1. The first-order chi connectivity index (χ1) is 7.00. The van der Waals surface area contributed by atoms with Crippen molar-refractivity contribution in [3.05, 3.63) is 29.8 Å². The second-order valence-corrected chi connectivity index (χ2v) is 4.70. The molecule has 0 amide bonds. The number of phenolic OH excluding ortho intramolecular Hbond substituents is 1. The van der Waals surface area contributed by atoms with Crippen LogP contribution in [0.3, 0.4) is 0 Å². The molecule has 1 N–H and O–H groups in total. The molecule has 2 heteroatoms. The van der Waals surface area contributed by atoms with Crippen LogP contribution in [0.1, 0.15) is 31.9 Å². The summed E-state index contributed by atoms with van der Waals surface area (Å²) in [5.41, 5.74) is 1.27. The van der Waals surface area contributed by atoms with E-state index >= 15 is 0 Å². The summed E-state index contributed by atoms with van der Waals surface area (Å²) in [5, 5.41) is 9.25. The number of nitrogens with zero attached hydrogens (tertiary/aromatic N) is 1. The fourth-order valence-corrected chi connectivity index (χ4v) is 1.79. The first-order valence-corrected chi connectivity index (χ1v) is 5.46. The van der Waals surface area contributed by atoms with E-state index < -0.39 is 0 Å². The molecule has 0 aliphatic carbocycles. The lowest BCUT2D eigenvalue weighted by atomic mass is 9.96. The van der Waals surface area contributed by atoms with Crippen molar-refractivity contribution in [2.45, 2.75) is 26.3 Å². The monoisotopic (exact) mass is 207 g/mol. The molecule has 0 aliphatic heterocycles. The van der Waals surface area contributed by atoms with Crippen molar-refractivity contribution in [3.63, 3.8) is 0 Å². The van der Waals surface area contributed by atoms with E-state index in [4.69, 9.17) is 0 Å². The van der Waals surface area contributed by atoms with Crippen molar-refractivity contribution in [1.82, 2.24) is 4.90 Å². The lowest BCUT2D eigenvalue weighted by Gasteiger charge is -2.26. The molecular formula is C13H21NO. The summed E-state index contributed by atoms with van der Waals surface area (Å²) in [5.74, 6) is 1.01. The van der Waals surface area contributed by atoms with E-state index in [2.05, 4.69) is 32.8 Å². The van der Waals surface area contributed by atoms with Gasteiger partial charge in [-0.15, -0.1) is 0 Å². The molecule has 0 spiro atoms. The molecule has 0 aliphatic rings. The van der Waals surface area contributed by atoms with Crippen LogP contribution in [0.2, 0.25) is 0 Å². The van der Waals surface area contributed by atoms with E-state index in [9.17, 15) is 5.11 Å². The molecule has 2 nitrogen and oxygen atoms in total. The first-order valence-electron chi connectivity index (χ1n) is 5.46. The Kier molecular flexibility index (Phi) is 4.15. The van der Waals surface area contributed by atoms with Gasteiger partial charge in [-0.1, -0.05) is 26.0 Å². The van der Waals surface area contributed by atoms with Gasteiger partial charge in [0.05, 0.1) is 0 Å². The summed E-state index contributed by atoms with van der Waals surface area (Å²) in [6, 6.07) is 7.95. The fourth-order valence-electron chi connectivity index (χ4n) is 1.79. The van der Waals surface area contributed by atoms with Crippen molar-refractivity contribution in [1.29, 1.82) is 0 Å². The molecule has 0 saturated heterocycles. The minimum Gasteiger partial charge on any atom is -0.508 e. The average Bonchev–Trinajstić information content (AvgIpc) is 2.15. The maximum Gasteiger partial charge on any atom is 0.115 e. The van der Waals surface area contributed by atoms with Gasteiger partial charge < -0.3 is 10.0 Å². The van der Waals surface area contributed by atoms with Crippen molar-refractivity contribution in [2.75, 3.05) is 14.1 Å². The molecule has 0 heterocycles. The van der Waals surface area contributed by atoms with Crippen LogP contribution in [0.25, 0.3) is 0 Å². The zero-order chi connectivity index (χ0) is 11.4. The van der Waals surface area contributed by atoms with E-state index in [-0.39, 0.29) is 0 Å². The standard InChI is InChI=1S/C13H21NO/c1-10(2)9-13(14(3)4)11-5-7-12(15)8-6-11/h5-8,10,13,15H,9H2,1-4H3. The Balaban J connectivity index is 2.84. The quantitative estimate of drug-likeness (QED) is 0.820. The molecule has 1 aromatic carbocycles. The van der Waals surface area contributed by atoms with Gasteiger partial charge in [0.1, 0.15) is 5.75 Å². The number of benzene rings is 1. The summed E-state index contributed by atoms with van der Waals surface area (Å²) in [4.78, 5) is 2.23. The normalized spacial score (nSPS) is 13.5. The van der Waals surface area contributed by atoms with E-state index in [0.717, 1.165) is 6.42 Å². The van der Waals surface area contributed by atoms with Gasteiger partial charge in [0.25, 0.3) is 0 Å². The van der Waals surface area contributed by atoms with E-state index in [0.29, 0.717) is 17.7 Å². The predicted molar refractivity (Wildman–Crippen MR) is 64.0 cm³/mol. The largest absolute Gasteiger partial charge is 0.508 e. The lowest BCUT2D eigenvalue weighted by Crippen LogP contribution is -2.21. The Morgan fingerprint density at radius 2 is 1.67 bits per heavy atom. The number of hydrogen-bond acceptors (Lipinski definition) is 2. The molecule has 1 unspecified atom stereocenters. The minimum atomic E-state index is 0.334. The van der Waals surface area contributed by atoms with Gasteiger partial charge in [0, 0.05) is 6.04 Å². The van der Waals surface area contributed by atoms with Crippen LogP contribution in [-0.2, 0) is 0 Å². The average molecular weight is 207 g/mol. The smallest absolute Gasteiger partial charge is 0.115 e. The van der Waals surface area contributed by atoms with Gasteiger partial charge >= 0.3 is 0 Å². The van der Waals surface area contributed by atoms with Crippen LogP contribution >= 0.6 is 0 Å². The van der Waals surface area contributed by atoms with Gasteiger partial charge in [0.2, 0.25) is 0 Å². The Hall–Kier alpha value is -1.02. The Morgan fingerprint density at radius 3 is 2.07 bits per heavy atom. The van der Waals surface area contributed by atoms with Crippen molar-refractivity contribution < 1.29 is 5.11 Å². The SMILES string of the molecule is CC(C)CC(c1ccc(O)cc1)N(C)C. The molecule has 84 valence electrons. The molecule has 1 aromatic rings. The Labute approximate surface area is 92.5 Å². The van der Waals surface area contributed by atoms with Crippen molar-refractivity contribution in [2.24, 2.45) is 5.92 Å². The Bertz CT molecular complexity index is 290. The van der Waals surface area contributed by atoms with Crippen molar-refractivity contribution in [3.8, 4) is 5.75 Å². The van der Waals surface area contributed by atoms with Crippen LogP contribution in [-0.4, -0.2) is 24.1 Å². The van der Waals surface area contributed by atoms with Crippen LogP contribution in [0, 0.1) is 5.92 Å². The molecule has 0 aromatic heterocycles. The summed E-state index contributed by atoms with van der Waals surface area (Å²) < 4.78 is 0. The van der Waals surface area contributed by atoms with Gasteiger partial charge in [-0.3, -0.25) is 0 Å². The van der Waals surface area contributed by atoms with E-state index in [1.54, 1.807) is 12.1 Å². The minimum absolute atomic E-state index is 0.334. The highest BCUT2D eigenvalue weighted by atomic mass is 16.3. The molecular weight excluding hydrogens is 186 g/mol. The lowest BCUT2D eigenvalue weighted by molar-refractivity contribution is 0.259. The molecule has 1 atom stereocenters. The second-order valence-electron chi connectivity index (χ2n) is 4.70. The Morgan fingerprint density at radius 1 is 1.13 bits per heavy atom. The molecule has 0 radical (unpaired) electrons. The maximum absolute atomic E-state index is 9.25. The first kappa shape index (κ1) is 12.1. The highest BCUT2D eigenvalue weighted by molar-refractivity contribution is 5.28. The predicted octanol–water partition coefficient (Wildman–Crippen LogP) is 3.04. The van der Waals surface area contributed by atoms with Crippen LogP contribution in [0.15, 0.2) is 24.3 Å². The molecule has 0 fully saturated rings. The molecule has 0 bridgehead atoms. The second kappa shape index (κ2) is 5.17. The van der Waals surface area contributed by atoms with Crippen molar-refractivity contribution >= 4 is 0 Å². The number of rotatable bonds is 4. The van der Waals surface area contributed by atoms with Gasteiger partial charge in [-0.2, -0.15) is 0 Å². The third kappa shape index (κ3) is 3.56. The number of hydrogen-bond donors (Lipinski definition) is 1. The van der Waals surface area contributed by atoms with E-state index in [1.165, 1.54) is 5.56 Å². The summed E-state index contributed by atoms with van der Waals surface area (Å²) in [7, 11) is 4.19. The third-order valence-corrected chi connectivity index (χ3v) is 2.60. The van der Waals surface area contributed by atoms with Gasteiger partial charge in [-0.25, -0.2) is 0 Å². The fraction of sp³-hybridized carbons (Fsp3) is 0.538. The van der Waals surface area contributed by atoms with E-state index in [1.807, 2.05) is 12.1 Å². The van der Waals surface area contributed by atoms with Gasteiger partial charge in [-0.05, 0) is 44.1 Å². The summed E-state index contributed by atoms with van der Waals surface area (Å²) in [6.45, 7) is 4.47. The summed E-state index contributed by atoms with van der Waals surface area (Å²) >= 11 is 0. The maximum atomic E-state index is 9.25. The molecule has 15 heavy (non-hydrogen) atoms. The number of aromatic hydroxyl groups is 1. The third-order valence-electron chi connectivity index (χ3n) is 2.60. The van der Waals surface area contributed by atoms with Crippen LogP contribution < -0.4 is 0 Å². The molecule has 1 rings (SSSR count). The van der Waals surface area contributed by atoms with Crippen LogP contribution in [0.5, 0.6) is 5.75 Å². The summed E-state index contributed by atoms with van der Waals surface area (Å²) in [6.07, 6.45) is 1.14. The highest BCUT2D eigenvalue weighted by Crippen LogP contribution is 2.26.